The molecule has 0 aromatic heterocycles. The number of benzene rings is 2. The van der Waals surface area contributed by atoms with E-state index in [1.54, 1.807) is 38.1 Å². The van der Waals surface area contributed by atoms with Crippen molar-refractivity contribution in [1.29, 1.82) is 0 Å². The van der Waals surface area contributed by atoms with E-state index in [0.717, 1.165) is 11.1 Å². The molecule has 162 valence electrons. The van der Waals surface area contributed by atoms with Crippen LogP contribution in [0.3, 0.4) is 0 Å². The maximum Gasteiger partial charge on any atom is 0.282 e. The predicted molar refractivity (Wildman–Crippen MR) is 127 cm³/mol. The van der Waals surface area contributed by atoms with Crippen molar-refractivity contribution in [3.63, 3.8) is 0 Å². The van der Waals surface area contributed by atoms with Crippen molar-refractivity contribution in [3.8, 4) is 0 Å². The van der Waals surface area contributed by atoms with Gasteiger partial charge in [-0.05, 0) is 64.5 Å². The fourth-order valence-corrected chi connectivity index (χ4v) is 6.28. The van der Waals surface area contributed by atoms with Gasteiger partial charge >= 0.3 is 0 Å². The van der Waals surface area contributed by atoms with Gasteiger partial charge in [-0.2, -0.15) is 36.1 Å². The van der Waals surface area contributed by atoms with E-state index in [2.05, 4.69) is 8.80 Å². The first-order chi connectivity index (χ1) is 13.8. The van der Waals surface area contributed by atoms with Gasteiger partial charge in [-0.1, -0.05) is 35.4 Å². The summed E-state index contributed by atoms with van der Waals surface area (Å²) in [5, 5.41) is 0. The van der Waals surface area contributed by atoms with Crippen LogP contribution in [0.5, 0.6) is 0 Å². The van der Waals surface area contributed by atoms with Gasteiger partial charge in [-0.3, -0.25) is 0 Å². The van der Waals surface area contributed by atoms with Crippen LogP contribution in [0.4, 0.5) is 0 Å². The van der Waals surface area contributed by atoms with Gasteiger partial charge < -0.3 is 0 Å². The molecule has 2 rings (SSSR count). The predicted octanol–water partition coefficient (Wildman–Crippen LogP) is 4.00. The Morgan fingerprint density at radius 2 is 0.967 bits per heavy atom. The summed E-state index contributed by atoms with van der Waals surface area (Å²) in [4.78, 5) is 0.669. The number of hydrogen-bond acceptors (Lipinski definition) is 4. The standard InChI is InChI=1S/C21H26N2O4S3/c1-15-7-11-19(12-8-15)29(24,25)22-17(3)21(28(5)6)18(4)23-30(26,27)20-13-9-16(2)10-14-20/h7-14H,1-6H3. The first kappa shape index (κ1) is 24.2. The Labute approximate surface area is 181 Å². The van der Waals surface area contributed by atoms with E-state index in [1.807, 2.05) is 26.4 Å². The van der Waals surface area contributed by atoms with Crippen molar-refractivity contribution < 1.29 is 16.8 Å². The smallest absolute Gasteiger partial charge is 0.199 e. The summed E-state index contributed by atoms with van der Waals surface area (Å²) in [5.41, 5.74) is 2.33. The van der Waals surface area contributed by atoms with Crippen molar-refractivity contribution in [3.05, 3.63) is 59.7 Å². The molecule has 30 heavy (non-hydrogen) atoms. The molecule has 0 aliphatic rings. The largest absolute Gasteiger partial charge is 0.282 e. The Morgan fingerprint density at radius 3 is 1.23 bits per heavy atom. The van der Waals surface area contributed by atoms with Gasteiger partial charge in [-0.15, -0.1) is 0 Å². The van der Waals surface area contributed by atoms with Crippen molar-refractivity contribution in [2.24, 2.45) is 8.80 Å². The Bertz CT molecular complexity index is 1140. The Morgan fingerprint density at radius 1 is 0.667 bits per heavy atom. The number of aryl methyl sites for hydroxylation is 2. The highest BCUT2D eigenvalue weighted by Crippen LogP contribution is 2.18. The topological polar surface area (TPSA) is 93.0 Å². The van der Waals surface area contributed by atoms with Crippen LogP contribution in [-0.4, -0.2) is 45.6 Å². The second-order valence-corrected chi connectivity index (χ2v) is 12.3. The highest BCUT2D eigenvalue weighted by Gasteiger charge is 2.19. The molecule has 6 nitrogen and oxygen atoms in total. The third-order valence-corrected chi connectivity index (χ3v) is 8.39. The number of sulfonamides is 2. The molecule has 0 heterocycles. The molecule has 2 aromatic rings. The van der Waals surface area contributed by atoms with Gasteiger partial charge in [0.25, 0.3) is 20.0 Å². The lowest BCUT2D eigenvalue weighted by Gasteiger charge is -2.11. The normalized spacial score (nSPS) is 13.6. The van der Waals surface area contributed by atoms with Gasteiger partial charge in [-0.25, -0.2) is 0 Å². The molecule has 0 fully saturated rings. The van der Waals surface area contributed by atoms with Crippen LogP contribution in [-0.2, 0) is 20.0 Å². The van der Waals surface area contributed by atoms with E-state index in [9.17, 15) is 16.8 Å². The molecule has 0 saturated heterocycles. The second-order valence-electron chi connectivity index (χ2n) is 7.08. The van der Waals surface area contributed by atoms with Gasteiger partial charge in [0.15, 0.2) is 0 Å². The Balaban J connectivity index is 2.49. The summed E-state index contributed by atoms with van der Waals surface area (Å²) >= 11 is 0. The summed E-state index contributed by atoms with van der Waals surface area (Å²) in [6.45, 7) is 6.85. The van der Waals surface area contributed by atoms with Gasteiger partial charge in [0.05, 0.1) is 21.2 Å². The fourth-order valence-electron chi connectivity index (χ4n) is 2.82. The van der Waals surface area contributed by atoms with Crippen LogP contribution in [0.25, 0.3) is 0 Å². The molecule has 0 aliphatic heterocycles. The van der Waals surface area contributed by atoms with Crippen LogP contribution >= 0.6 is 10.5 Å². The minimum absolute atomic E-state index is 0.0840. The Kier molecular flexibility index (Phi) is 7.54. The zero-order valence-electron chi connectivity index (χ0n) is 17.9. The SMILES string of the molecule is CC(=NS(=O)(=O)c1ccc(C)cc1)C(C(C)=NS(=O)(=O)c1ccc(C)cc1)=S(C)C. The summed E-state index contributed by atoms with van der Waals surface area (Å²) < 4.78 is 58.6. The molecule has 0 unspecified atom stereocenters. The lowest BCUT2D eigenvalue weighted by atomic mass is 10.2. The molecule has 0 bridgehead atoms. The summed E-state index contributed by atoms with van der Waals surface area (Å²) in [6, 6.07) is 12.8. The maximum absolute atomic E-state index is 12.7. The van der Waals surface area contributed by atoms with Crippen molar-refractivity contribution in [1.82, 2.24) is 0 Å². The molecule has 0 N–H and O–H groups in total. The lowest BCUT2D eigenvalue weighted by molar-refractivity contribution is 0.596. The molecular weight excluding hydrogens is 440 g/mol. The van der Waals surface area contributed by atoms with Gasteiger partial charge in [0.2, 0.25) is 0 Å². The molecule has 9 heteroatoms. The van der Waals surface area contributed by atoms with Gasteiger partial charge in [0.1, 0.15) is 0 Å². The molecule has 0 aliphatic carbocycles. The van der Waals surface area contributed by atoms with Crippen LogP contribution in [0.15, 0.2) is 67.1 Å². The fraction of sp³-hybridized carbons (Fsp3) is 0.286. The zero-order chi connectivity index (χ0) is 22.7. The zero-order valence-corrected chi connectivity index (χ0v) is 20.3. The van der Waals surface area contributed by atoms with Crippen molar-refractivity contribution in [2.45, 2.75) is 37.5 Å². The minimum Gasteiger partial charge on any atom is -0.199 e. The first-order valence-electron chi connectivity index (χ1n) is 9.05. The average Bonchev–Trinajstić information content (AvgIpc) is 2.61. The van der Waals surface area contributed by atoms with Crippen molar-refractivity contribution in [2.75, 3.05) is 12.5 Å². The summed E-state index contributed by atoms with van der Waals surface area (Å²) in [6.07, 6.45) is 3.73. The highest BCUT2D eigenvalue weighted by atomic mass is 32.2. The van der Waals surface area contributed by atoms with Crippen molar-refractivity contribution >= 4 is 46.8 Å². The summed E-state index contributed by atoms with van der Waals surface area (Å²) in [7, 11) is -8.32. The van der Waals surface area contributed by atoms with E-state index in [4.69, 9.17) is 0 Å². The molecule has 0 amide bonds. The van der Waals surface area contributed by atoms with E-state index in [0.29, 0.717) is 4.86 Å². The van der Waals surface area contributed by atoms with Crippen LogP contribution in [0, 0.1) is 13.8 Å². The lowest BCUT2D eigenvalue weighted by Crippen LogP contribution is -2.22. The van der Waals surface area contributed by atoms with E-state index >= 15 is 0 Å². The Hall–Kier alpha value is -2.10. The number of hydrogen-bond donors (Lipinski definition) is 0. The van der Waals surface area contributed by atoms with E-state index in [1.165, 1.54) is 24.3 Å². The highest BCUT2D eigenvalue weighted by molar-refractivity contribution is 8.17. The molecule has 2 aromatic carbocycles. The number of rotatable bonds is 6. The number of nitrogens with zero attached hydrogens (tertiary/aromatic N) is 2. The van der Waals surface area contributed by atoms with Crippen LogP contribution in [0.2, 0.25) is 0 Å². The molecule has 0 atom stereocenters. The first-order valence-corrected chi connectivity index (χ1v) is 14.0. The van der Waals surface area contributed by atoms with E-state index in [-0.39, 0.29) is 21.2 Å². The van der Waals surface area contributed by atoms with Crippen LogP contribution < -0.4 is 0 Å². The third-order valence-electron chi connectivity index (χ3n) is 4.22. The molecule has 0 radical (unpaired) electrons. The van der Waals surface area contributed by atoms with Crippen LogP contribution in [0.1, 0.15) is 25.0 Å². The maximum atomic E-state index is 12.7. The third kappa shape index (κ3) is 5.96. The monoisotopic (exact) mass is 466 g/mol. The summed E-state index contributed by atoms with van der Waals surface area (Å²) in [5.74, 6) is 0. The average molecular weight is 467 g/mol. The second kappa shape index (κ2) is 9.36. The van der Waals surface area contributed by atoms with E-state index < -0.39 is 30.5 Å². The molecule has 0 spiro atoms. The minimum atomic E-state index is -3.92. The molecular formula is C21H26N2O4S3. The quantitative estimate of drug-likeness (QED) is 0.475. The van der Waals surface area contributed by atoms with Gasteiger partial charge in [0, 0.05) is 4.86 Å². The molecule has 0 saturated carbocycles.